The van der Waals surface area contributed by atoms with Gasteiger partial charge in [-0.15, -0.1) is 11.3 Å². The molecule has 0 saturated heterocycles. The number of benzene rings is 1. The predicted molar refractivity (Wildman–Crippen MR) is 61.1 cm³/mol. The summed E-state index contributed by atoms with van der Waals surface area (Å²) in [6, 6.07) is 5.41. The van der Waals surface area contributed by atoms with Gasteiger partial charge in [-0.2, -0.15) is 13.2 Å². The minimum absolute atomic E-state index is 0.495. The van der Waals surface area contributed by atoms with Crippen molar-refractivity contribution in [2.45, 2.75) is 19.5 Å². The molecule has 1 aromatic heterocycles. The second kappa shape index (κ2) is 4.49. The molecule has 0 aliphatic rings. The summed E-state index contributed by atoms with van der Waals surface area (Å²) in [5.74, 6) is 0. The van der Waals surface area contributed by atoms with Gasteiger partial charge in [0.2, 0.25) is 0 Å². The molecule has 0 spiro atoms. The second-order valence-corrected chi connectivity index (χ2v) is 5.04. The molecule has 2 rings (SSSR count). The van der Waals surface area contributed by atoms with Gasteiger partial charge in [0.15, 0.2) is 0 Å². The molecule has 1 nitrogen and oxygen atoms in total. The fraction of sp³-hybridized carbons (Fsp3) is 0.250. The quantitative estimate of drug-likeness (QED) is 0.790. The van der Waals surface area contributed by atoms with E-state index in [0.29, 0.717) is 12.0 Å². The maximum Gasteiger partial charge on any atom is 0.416 e. The van der Waals surface area contributed by atoms with E-state index in [9.17, 15) is 13.2 Å². The van der Waals surface area contributed by atoms with Crippen LogP contribution in [0.1, 0.15) is 21.0 Å². The molecule has 5 heteroatoms. The average molecular weight is 257 g/mol. The van der Waals surface area contributed by atoms with Gasteiger partial charge in [0, 0.05) is 17.5 Å². The number of rotatable bonds is 2. The summed E-state index contributed by atoms with van der Waals surface area (Å²) in [5.41, 5.74) is 0.0553. The Kier molecular flexibility index (Phi) is 3.19. The molecular weight excluding hydrogens is 247 g/mol. The first kappa shape index (κ1) is 12.1. The van der Waals surface area contributed by atoms with E-state index in [4.69, 9.17) is 0 Å². The Morgan fingerprint density at radius 1 is 1.29 bits per heavy atom. The maximum absolute atomic E-state index is 12.5. The van der Waals surface area contributed by atoms with E-state index in [0.717, 1.165) is 16.0 Å². The highest BCUT2D eigenvalue weighted by Gasteiger charge is 2.30. The lowest BCUT2D eigenvalue weighted by molar-refractivity contribution is -0.137. The monoisotopic (exact) mass is 257 g/mol. The first-order valence-electron chi connectivity index (χ1n) is 5.02. The van der Waals surface area contributed by atoms with E-state index in [1.54, 1.807) is 12.3 Å². The van der Waals surface area contributed by atoms with Crippen LogP contribution in [-0.4, -0.2) is 4.98 Å². The third kappa shape index (κ3) is 3.06. The number of thiazole rings is 1. The molecule has 0 aliphatic heterocycles. The zero-order valence-electron chi connectivity index (χ0n) is 9.08. The number of nitrogens with zero attached hydrogens (tertiary/aromatic N) is 1. The number of alkyl halides is 3. The molecule has 0 bridgehead atoms. The highest BCUT2D eigenvalue weighted by molar-refractivity contribution is 7.11. The molecule has 1 aromatic carbocycles. The summed E-state index contributed by atoms with van der Waals surface area (Å²) >= 11 is 1.50. The van der Waals surface area contributed by atoms with E-state index < -0.39 is 11.7 Å². The van der Waals surface area contributed by atoms with Crippen molar-refractivity contribution in [2.24, 2.45) is 0 Å². The van der Waals surface area contributed by atoms with Crippen LogP contribution in [0.15, 0.2) is 30.5 Å². The fourth-order valence-corrected chi connectivity index (χ4v) is 2.37. The molecule has 0 amide bonds. The van der Waals surface area contributed by atoms with Gasteiger partial charge in [0.25, 0.3) is 0 Å². The Balaban J connectivity index is 2.22. The molecule has 90 valence electrons. The van der Waals surface area contributed by atoms with Crippen LogP contribution in [0, 0.1) is 6.92 Å². The van der Waals surface area contributed by atoms with Gasteiger partial charge in [-0.3, -0.25) is 0 Å². The van der Waals surface area contributed by atoms with E-state index in [2.05, 4.69) is 4.98 Å². The number of hydrogen-bond acceptors (Lipinski definition) is 2. The van der Waals surface area contributed by atoms with Crippen molar-refractivity contribution in [2.75, 3.05) is 0 Å². The highest BCUT2D eigenvalue weighted by atomic mass is 32.1. The van der Waals surface area contributed by atoms with Crippen molar-refractivity contribution in [1.82, 2.24) is 4.98 Å². The van der Waals surface area contributed by atoms with Crippen molar-refractivity contribution in [3.05, 3.63) is 51.5 Å². The zero-order valence-corrected chi connectivity index (χ0v) is 9.90. The van der Waals surface area contributed by atoms with Crippen molar-refractivity contribution in [3.8, 4) is 0 Å². The number of aromatic nitrogens is 1. The van der Waals surface area contributed by atoms with Gasteiger partial charge in [0.1, 0.15) is 0 Å². The standard InChI is InChI=1S/C12H10F3NS/c1-8-16-7-11(17-8)6-9-3-2-4-10(5-9)12(13,14)15/h2-5,7H,6H2,1H3. The zero-order chi connectivity index (χ0) is 12.5. The summed E-state index contributed by atoms with van der Waals surface area (Å²) in [6.45, 7) is 1.88. The summed E-state index contributed by atoms with van der Waals surface area (Å²) in [5, 5.41) is 0.923. The van der Waals surface area contributed by atoms with Gasteiger partial charge in [-0.05, 0) is 18.6 Å². The van der Waals surface area contributed by atoms with Crippen LogP contribution in [0.2, 0.25) is 0 Å². The molecular formula is C12H10F3NS. The van der Waals surface area contributed by atoms with Gasteiger partial charge in [0.05, 0.1) is 10.6 Å². The molecule has 0 radical (unpaired) electrons. The Morgan fingerprint density at radius 2 is 2.06 bits per heavy atom. The van der Waals surface area contributed by atoms with Gasteiger partial charge >= 0.3 is 6.18 Å². The van der Waals surface area contributed by atoms with Crippen molar-refractivity contribution >= 4 is 11.3 Å². The minimum atomic E-state index is -4.28. The number of aryl methyl sites for hydroxylation is 1. The predicted octanol–water partition coefficient (Wildman–Crippen LogP) is 4.06. The lowest BCUT2D eigenvalue weighted by Gasteiger charge is -2.07. The summed E-state index contributed by atoms with van der Waals surface area (Å²) in [6.07, 6.45) is -2.07. The largest absolute Gasteiger partial charge is 0.416 e. The van der Waals surface area contributed by atoms with Crippen LogP contribution in [0.5, 0.6) is 0 Å². The number of halogens is 3. The highest BCUT2D eigenvalue weighted by Crippen LogP contribution is 2.30. The van der Waals surface area contributed by atoms with Crippen LogP contribution >= 0.6 is 11.3 Å². The summed E-state index contributed by atoms with van der Waals surface area (Å²) < 4.78 is 37.5. The van der Waals surface area contributed by atoms with Crippen LogP contribution < -0.4 is 0 Å². The number of hydrogen-bond donors (Lipinski definition) is 0. The minimum Gasteiger partial charge on any atom is -0.250 e. The first-order valence-corrected chi connectivity index (χ1v) is 5.84. The topological polar surface area (TPSA) is 12.9 Å². The Morgan fingerprint density at radius 3 is 2.65 bits per heavy atom. The Labute approximate surface area is 101 Å². The second-order valence-electron chi connectivity index (χ2n) is 3.72. The Bertz CT molecular complexity index is 516. The molecule has 1 heterocycles. The average Bonchev–Trinajstić information content (AvgIpc) is 2.63. The third-order valence-corrected chi connectivity index (χ3v) is 3.21. The first-order chi connectivity index (χ1) is 7.95. The molecule has 0 unspecified atom stereocenters. The lowest BCUT2D eigenvalue weighted by atomic mass is 10.1. The third-order valence-electron chi connectivity index (χ3n) is 2.30. The molecule has 2 aromatic rings. The lowest BCUT2D eigenvalue weighted by Crippen LogP contribution is -2.05. The maximum atomic E-state index is 12.5. The SMILES string of the molecule is Cc1ncc(Cc2cccc(C(F)(F)F)c2)s1. The Hall–Kier alpha value is -1.36. The van der Waals surface area contributed by atoms with E-state index in [1.807, 2.05) is 6.92 Å². The van der Waals surface area contributed by atoms with Crippen molar-refractivity contribution in [1.29, 1.82) is 0 Å². The normalized spacial score (nSPS) is 11.8. The van der Waals surface area contributed by atoms with Gasteiger partial charge < -0.3 is 0 Å². The van der Waals surface area contributed by atoms with E-state index in [-0.39, 0.29) is 0 Å². The van der Waals surface area contributed by atoms with Crippen LogP contribution in [0.4, 0.5) is 13.2 Å². The fourth-order valence-electron chi connectivity index (χ4n) is 1.55. The molecule has 0 saturated carbocycles. The van der Waals surface area contributed by atoms with Gasteiger partial charge in [-0.25, -0.2) is 4.98 Å². The smallest absolute Gasteiger partial charge is 0.250 e. The molecule has 0 fully saturated rings. The summed E-state index contributed by atoms with van der Waals surface area (Å²) in [7, 11) is 0. The molecule has 17 heavy (non-hydrogen) atoms. The summed E-state index contributed by atoms with van der Waals surface area (Å²) in [4.78, 5) is 5.05. The van der Waals surface area contributed by atoms with E-state index >= 15 is 0 Å². The molecule has 0 aliphatic carbocycles. The van der Waals surface area contributed by atoms with Gasteiger partial charge in [-0.1, -0.05) is 18.2 Å². The van der Waals surface area contributed by atoms with Crippen LogP contribution in [0.3, 0.4) is 0 Å². The van der Waals surface area contributed by atoms with E-state index in [1.165, 1.54) is 23.5 Å². The van der Waals surface area contributed by atoms with Crippen molar-refractivity contribution in [3.63, 3.8) is 0 Å². The molecule has 0 atom stereocenters. The van der Waals surface area contributed by atoms with Crippen molar-refractivity contribution < 1.29 is 13.2 Å². The van der Waals surface area contributed by atoms with Crippen LogP contribution in [-0.2, 0) is 12.6 Å². The van der Waals surface area contributed by atoms with Crippen LogP contribution in [0.25, 0.3) is 0 Å². The molecule has 0 N–H and O–H groups in total.